The third-order valence-corrected chi connectivity index (χ3v) is 2.55. The van der Waals surface area contributed by atoms with E-state index in [1.165, 1.54) is 0 Å². The molecule has 0 aromatic heterocycles. The van der Waals surface area contributed by atoms with Crippen LogP contribution in [0.25, 0.3) is 0 Å². The monoisotopic (exact) mass is 221 g/mol. The maximum Gasteiger partial charge on any atom is 0.0806 e. The van der Waals surface area contributed by atoms with Gasteiger partial charge in [0.2, 0.25) is 0 Å². The van der Waals surface area contributed by atoms with Crippen LogP contribution in [0.15, 0.2) is 0 Å². The number of alkyl halides is 1. The zero-order chi connectivity index (χ0) is 8.48. The molecule has 0 aromatic rings. The fraction of sp³-hybridized carbons (Fsp3) is 1.00. The van der Waals surface area contributed by atoms with E-state index in [0.29, 0.717) is 6.10 Å². The zero-order valence-corrected chi connectivity index (χ0v) is 9.02. The highest BCUT2D eigenvalue weighted by molar-refractivity contribution is 9.09. The molecule has 0 aliphatic carbocycles. The van der Waals surface area contributed by atoms with Gasteiger partial charge in [-0.25, -0.2) is 0 Å². The Kier molecular flexibility index (Phi) is 2.95. The van der Waals surface area contributed by atoms with Gasteiger partial charge in [0, 0.05) is 18.4 Å². The van der Waals surface area contributed by atoms with Gasteiger partial charge in [-0.1, -0.05) is 15.9 Å². The van der Waals surface area contributed by atoms with Crippen molar-refractivity contribution in [2.24, 2.45) is 0 Å². The summed E-state index contributed by atoms with van der Waals surface area (Å²) in [7, 11) is 2.14. The lowest BCUT2D eigenvalue weighted by Crippen LogP contribution is -2.51. The van der Waals surface area contributed by atoms with Crippen LogP contribution in [0.3, 0.4) is 0 Å². The molecule has 0 N–H and O–H groups in total. The fourth-order valence-corrected chi connectivity index (χ4v) is 2.01. The van der Waals surface area contributed by atoms with Crippen molar-refractivity contribution in [2.75, 3.05) is 25.5 Å². The third-order valence-electron chi connectivity index (χ3n) is 1.82. The Bertz CT molecular complexity index is 138. The minimum atomic E-state index is 0.0193. The van der Waals surface area contributed by atoms with Gasteiger partial charge in [0.1, 0.15) is 0 Å². The molecule has 3 heteroatoms. The van der Waals surface area contributed by atoms with Gasteiger partial charge in [-0.2, -0.15) is 0 Å². The number of likely N-dealkylation sites (N-methyl/N-ethyl adjacent to an activating group) is 1. The summed E-state index contributed by atoms with van der Waals surface area (Å²) in [5, 5.41) is 0.931. The van der Waals surface area contributed by atoms with Crippen LogP contribution < -0.4 is 0 Å². The third kappa shape index (κ3) is 2.73. The minimum Gasteiger partial charge on any atom is -0.369 e. The fourth-order valence-electron chi connectivity index (χ4n) is 1.67. The van der Waals surface area contributed by atoms with Crippen LogP contribution >= 0.6 is 15.9 Å². The smallest absolute Gasteiger partial charge is 0.0806 e. The number of nitrogens with zero attached hydrogens (tertiary/aromatic N) is 1. The highest BCUT2D eigenvalue weighted by atomic mass is 79.9. The van der Waals surface area contributed by atoms with E-state index in [9.17, 15) is 0 Å². The van der Waals surface area contributed by atoms with Crippen molar-refractivity contribution < 1.29 is 4.74 Å². The quantitative estimate of drug-likeness (QED) is 0.623. The van der Waals surface area contributed by atoms with Gasteiger partial charge in [-0.3, -0.25) is 0 Å². The SMILES string of the molecule is CN1CC(CBr)OC(C)(C)C1. The molecule has 0 radical (unpaired) electrons. The van der Waals surface area contributed by atoms with Gasteiger partial charge < -0.3 is 9.64 Å². The van der Waals surface area contributed by atoms with Crippen molar-refractivity contribution in [1.82, 2.24) is 4.90 Å². The van der Waals surface area contributed by atoms with E-state index in [0.717, 1.165) is 18.4 Å². The molecular formula is C8H16BrNO. The van der Waals surface area contributed by atoms with E-state index in [2.05, 4.69) is 41.7 Å². The predicted octanol–water partition coefficient (Wildman–Crippen LogP) is 1.49. The second-order valence-electron chi connectivity index (χ2n) is 3.85. The van der Waals surface area contributed by atoms with Crippen LogP contribution in [0.5, 0.6) is 0 Å². The Balaban J connectivity index is 2.51. The molecule has 1 saturated heterocycles. The van der Waals surface area contributed by atoms with E-state index in [-0.39, 0.29) is 5.60 Å². The summed E-state index contributed by atoms with van der Waals surface area (Å²) in [4.78, 5) is 2.31. The number of ether oxygens (including phenoxy) is 1. The summed E-state index contributed by atoms with van der Waals surface area (Å²) in [6, 6.07) is 0. The van der Waals surface area contributed by atoms with Crippen molar-refractivity contribution in [2.45, 2.75) is 25.6 Å². The molecule has 0 amide bonds. The van der Waals surface area contributed by atoms with E-state index in [4.69, 9.17) is 4.74 Å². The highest BCUT2D eigenvalue weighted by Crippen LogP contribution is 2.20. The maximum absolute atomic E-state index is 5.80. The first-order chi connectivity index (χ1) is 5.03. The van der Waals surface area contributed by atoms with Crippen LogP contribution in [0.1, 0.15) is 13.8 Å². The van der Waals surface area contributed by atoms with E-state index >= 15 is 0 Å². The van der Waals surface area contributed by atoms with Crippen molar-refractivity contribution in [3.8, 4) is 0 Å². The van der Waals surface area contributed by atoms with E-state index in [1.807, 2.05) is 0 Å². The standard InChI is InChI=1S/C8H16BrNO/c1-8(2)6-10(3)5-7(4-9)11-8/h7H,4-6H2,1-3H3. The Morgan fingerprint density at radius 3 is 2.73 bits per heavy atom. The normalized spacial score (nSPS) is 32.2. The first kappa shape index (κ1) is 9.49. The average molecular weight is 222 g/mol. The zero-order valence-electron chi connectivity index (χ0n) is 7.43. The lowest BCUT2D eigenvalue weighted by Gasteiger charge is -2.40. The molecule has 1 aliphatic rings. The molecule has 1 fully saturated rings. The van der Waals surface area contributed by atoms with Crippen LogP contribution in [0.2, 0.25) is 0 Å². The first-order valence-corrected chi connectivity index (χ1v) is 5.08. The molecule has 0 aromatic carbocycles. The summed E-state index contributed by atoms with van der Waals surface area (Å²) < 4.78 is 5.80. The first-order valence-electron chi connectivity index (χ1n) is 3.96. The van der Waals surface area contributed by atoms with Gasteiger partial charge in [-0.15, -0.1) is 0 Å². The Morgan fingerprint density at radius 1 is 1.64 bits per heavy atom. The summed E-state index contributed by atoms with van der Waals surface area (Å²) in [6.07, 6.45) is 0.351. The average Bonchev–Trinajstić information content (AvgIpc) is 1.83. The van der Waals surface area contributed by atoms with Gasteiger partial charge in [-0.05, 0) is 20.9 Å². The summed E-state index contributed by atoms with van der Waals surface area (Å²) in [5.41, 5.74) is 0.0193. The minimum absolute atomic E-state index is 0.0193. The largest absolute Gasteiger partial charge is 0.369 e. The number of hydrogen-bond acceptors (Lipinski definition) is 2. The Hall–Kier alpha value is 0.400. The van der Waals surface area contributed by atoms with Crippen molar-refractivity contribution in [1.29, 1.82) is 0 Å². The van der Waals surface area contributed by atoms with E-state index < -0.39 is 0 Å². The number of rotatable bonds is 1. The van der Waals surface area contributed by atoms with Crippen molar-refractivity contribution in [3.05, 3.63) is 0 Å². The van der Waals surface area contributed by atoms with Crippen LogP contribution in [-0.4, -0.2) is 42.1 Å². The number of halogens is 1. The predicted molar refractivity (Wildman–Crippen MR) is 50.2 cm³/mol. The topological polar surface area (TPSA) is 12.5 Å². The van der Waals surface area contributed by atoms with Crippen LogP contribution in [-0.2, 0) is 4.74 Å². The molecule has 0 saturated carbocycles. The molecule has 0 bridgehead atoms. The molecule has 1 unspecified atom stereocenters. The van der Waals surface area contributed by atoms with Crippen LogP contribution in [0.4, 0.5) is 0 Å². The molecule has 2 nitrogen and oxygen atoms in total. The lowest BCUT2D eigenvalue weighted by atomic mass is 10.1. The van der Waals surface area contributed by atoms with Gasteiger partial charge in [0.25, 0.3) is 0 Å². The van der Waals surface area contributed by atoms with Gasteiger partial charge in [0.05, 0.1) is 11.7 Å². The molecule has 1 heterocycles. The highest BCUT2D eigenvalue weighted by Gasteiger charge is 2.30. The summed E-state index contributed by atoms with van der Waals surface area (Å²) >= 11 is 3.44. The van der Waals surface area contributed by atoms with Crippen LogP contribution in [0, 0.1) is 0 Å². The van der Waals surface area contributed by atoms with Crippen molar-refractivity contribution >= 4 is 15.9 Å². The Morgan fingerprint density at radius 2 is 2.27 bits per heavy atom. The summed E-state index contributed by atoms with van der Waals surface area (Å²) in [5.74, 6) is 0. The second-order valence-corrected chi connectivity index (χ2v) is 4.50. The summed E-state index contributed by atoms with van der Waals surface area (Å²) in [6.45, 7) is 6.34. The Labute approximate surface area is 77.0 Å². The molecule has 66 valence electrons. The maximum atomic E-state index is 5.80. The molecule has 1 rings (SSSR count). The second kappa shape index (κ2) is 3.42. The molecule has 1 atom stereocenters. The molecule has 11 heavy (non-hydrogen) atoms. The lowest BCUT2D eigenvalue weighted by molar-refractivity contribution is -0.120. The van der Waals surface area contributed by atoms with Crippen molar-refractivity contribution in [3.63, 3.8) is 0 Å². The molecule has 1 aliphatic heterocycles. The number of morpholine rings is 1. The van der Waals surface area contributed by atoms with Gasteiger partial charge >= 0.3 is 0 Å². The van der Waals surface area contributed by atoms with E-state index in [1.54, 1.807) is 0 Å². The number of hydrogen-bond donors (Lipinski definition) is 0. The molecular weight excluding hydrogens is 206 g/mol. The molecule has 0 spiro atoms. The van der Waals surface area contributed by atoms with Gasteiger partial charge in [0.15, 0.2) is 0 Å².